The van der Waals surface area contributed by atoms with E-state index in [0.29, 0.717) is 25.6 Å². The minimum Gasteiger partial charge on any atom is -0.383 e. The number of ether oxygens (including phenoxy) is 2. The van der Waals surface area contributed by atoms with Crippen molar-refractivity contribution in [3.8, 4) is 11.4 Å². The van der Waals surface area contributed by atoms with Crippen LogP contribution in [0.4, 0.5) is 11.8 Å². The van der Waals surface area contributed by atoms with Crippen molar-refractivity contribution >= 4 is 33.3 Å². The maximum Gasteiger partial charge on any atom is 0.219 e. The highest BCUT2D eigenvalue weighted by Gasteiger charge is 2.20. The Labute approximate surface area is 173 Å². The molecule has 3 aromatic rings. The number of hydrogen-bond donors (Lipinski definition) is 1. The standard InChI is InChI=1S/C19H25N7O2S/c1-25(3-6-27-2)12-14-9-15-16(29-14)18(26-4-7-28-8-5-26)24-17(23-15)13-10-21-19(20)22-11-13/h9-11H,3-8,12H2,1-2H3,(H2,20,21,22). The van der Waals surface area contributed by atoms with Crippen molar-refractivity contribution in [2.24, 2.45) is 0 Å². The highest BCUT2D eigenvalue weighted by atomic mass is 32.1. The second-order valence-corrected chi connectivity index (χ2v) is 8.09. The van der Waals surface area contributed by atoms with Crippen molar-refractivity contribution in [2.75, 3.05) is 64.2 Å². The van der Waals surface area contributed by atoms with Gasteiger partial charge in [-0.1, -0.05) is 0 Å². The fraction of sp³-hybridized carbons (Fsp3) is 0.474. The normalized spacial score (nSPS) is 14.8. The van der Waals surface area contributed by atoms with Gasteiger partial charge in [0, 0.05) is 50.6 Å². The average Bonchev–Trinajstić information content (AvgIpc) is 3.15. The minimum atomic E-state index is 0.236. The number of nitrogen functional groups attached to an aromatic ring is 1. The summed E-state index contributed by atoms with van der Waals surface area (Å²) in [5, 5.41) is 0. The van der Waals surface area contributed by atoms with E-state index in [2.05, 4.69) is 32.9 Å². The van der Waals surface area contributed by atoms with Gasteiger partial charge in [0.1, 0.15) is 0 Å². The van der Waals surface area contributed by atoms with Gasteiger partial charge >= 0.3 is 0 Å². The molecule has 0 saturated carbocycles. The van der Waals surface area contributed by atoms with Crippen molar-refractivity contribution in [1.29, 1.82) is 0 Å². The molecule has 0 aliphatic carbocycles. The van der Waals surface area contributed by atoms with Crippen molar-refractivity contribution in [2.45, 2.75) is 6.54 Å². The lowest BCUT2D eigenvalue weighted by atomic mass is 10.3. The van der Waals surface area contributed by atoms with Gasteiger partial charge in [-0.3, -0.25) is 4.90 Å². The summed E-state index contributed by atoms with van der Waals surface area (Å²) >= 11 is 1.74. The Morgan fingerprint density at radius 2 is 2.00 bits per heavy atom. The number of nitrogens with zero attached hydrogens (tertiary/aromatic N) is 6. The molecule has 0 bridgehead atoms. The largest absolute Gasteiger partial charge is 0.383 e. The van der Waals surface area contributed by atoms with Crippen LogP contribution in [0, 0.1) is 0 Å². The highest BCUT2D eigenvalue weighted by Crippen LogP contribution is 2.34. The van der Waals surface area contributed by atoms with E-state index in [-0.39, 0.29) is 5.95 Å². The predicted molar refractivity (Wildman–Crippen MR) is 114 cm³/mol. The second-order valence-electron chi connectivity index (χ2n) is 6.96. The summed E-state index contributed by atoms with van der Waals surface area (Å²) in [7, 11) is 3.81. The van der Waals surface area contributed by atoms with Crippen LogP contribution in [0.25, 0.3) is 21.6 Å². The summed E-state index contributed by atoms with van der Waals surface area (Å²) in [4.78, 5) is 23.6. The van der Waals surface area contributed by atoms with Crippen LogP contribution in [-0.2, 0) is 16.0 Å². The molecule has 3 aromatic heterocycles. The van der Waals surface area contributed by atoms with Gasteiger partial charge in [0.25, 0.3) is 0 Å². The van der Waals surface area contributed by atoms with Gasteiger partial charge in [0.15, 0.2) is 11.6 Å². The Bertz CT molecular complexity index is 957. The van der Waals surface area contributed by atoms with Crippen molar-refractivity contribution < 1.29 is 9.47 Å². The maximum absolute atomic E-state index is 5.63. The second kappa shape index (κ2) is 8.95. The first-order chi connectivity index (χ1) is 14.1. The molecule has 0 amide bonds. The summed E-state index contributed by atoms with van der Waals surface area (Å²) < 4.78 is 11.8. The third-order valence-electron chi connectivity index (χ3n) is 4.75. The Hall–Kier alpha value is -2.40. The van der Waals surface area contributed by atoms with Crippen molar-refractivity contribution in [3.05, 3.63) is 23.3 Å². The zero-order valence-electron chi connectivity index (χ0n) is 16.7. The molecule has 1 fully saturated rings. The third-order valence-corrected chi connectivity index (χ3v) is 5.85. The van der Waals surface area contributed by atoms with Crippen LogP contribution in [0.2, 0.25) is 0 Å². The average molecular weight is 416 g/mol. The first kappa shape index (κ1) is 19.9. The highest BCUT2D eigenvalue weighted by molar-refractivity contribution is 7.19. The number of aromatic nitrogens is 4. The van der Waals surface area contributed by atoms with E-state index in [9.17, 15) is 0 Å². The molecule has 0 atom stereocenters. The van der Waals surface area contributed by atoms with E-state index in [1.165, 1.54) is 4.88 Å². The molecule has 4 rings (SSSR count). The fourth-order valence-corrected chi connectivity index (χ4v) is 4.40. The minimum absolute atomic E-state index is 0.236. The molecule has 0 spiro atoms. The fourth-order valence-electron chi connectivity index (χ4n) is 3.21. The Balaban J connectivity index is 1.72. The molecule has 2 N–H and O–H groups in total. The van der Waals surface area contributed by atoms with Crippen LogP contribution in [0.3, 0.4) is 0 Å². The van der Waals surface area contributed by atoms with Gasteiger partial charge in [-0.15, -0.1) is 11.3 Å². The van der Waals surface area contributed by atoms with Gasteiger partial charge in [0.05, 0.1) is 35.6 Å². The molecule has 0 aromatic carbocycles. The molecule has 1 saturated heterocycles. The quantitative estimate of drug-likeness (QED) is 0.617. The summed E-state index contributed by atoms with van der Waals surface area (Å²) in [5.41, 5.74) is 7.32. The number of anilines is 2. The molecule has 1 aliphatic heterocycles. The zero-order valence-corrected chi connectivity index (χ0v) is 17.5. The van der Waals surface area contributed by atoms with E-state index >= 15 is 0 Å². The maximum atomic E-state index is 5.63. The molecular weight excluding hydrogens is 390 g/mol. The van der Waals surface area contributed by atoms with Gasteiger partial charge in [-0.05, 0) is 13.1 Å². The van der Waals surface area contributed by atoms with Crippen LogP contribution in [-0.4, -0.2) is 78.4 Å². The molecule has 4 heterocycles. The SMILES string of the molecule is COCCN(C)Cc1cc2nc(-c3cnc(N)nc3)nc(N3CCOCC3)c2s1. The number of nitrogens with two attached hydrogens (primary N) is 1. The van der Waals surface area contributed by atoms with Crippen molar-refractivity contribution in [1.82, 2.24) is 24.8 Å². The van der Waals surface area contributed by atoms with Gasteiger partial charge in [0.2, 0.25) is 5.95 Å². The lowest BCUT2D eigenvalue weighted by molar-refractivity contribution is 0.122. The Morgan fingerprint density at radius 3 is 2.72 bits per heavy atom. The molecular formula is C19H25N7O2S. The number of methoxy groups -OCH3 is 1. The van der Waals surface area contributed by atoms with Crippen LogP contribution in [0.5, 0.6) is 0 Å². The van der Waals surface area contributed by atoms with E-state index in [1.807, 2.05) is 0 Å². The number of likely N-dealkylation sites (N-methyl/N-ethyl adjacent to an activating group) is 1. The molecule has 10 heteroatoms. The Kier molecular flexibility index (Phi) is 6.14. The zero-order chi connectivity index (χ0) is 20.2. The lowest BCUT2D eigenvalue weighted by Gasteiger charge is -2.28. The summed E-state index contributed by atoms with van der Waals surface area (Å²) in [6.07, 6.45) is 3.33. The predicted octanol–water partition coefficient (Wildman–Crippen LogP) is 1.65. The molecule has 9 nitrogen and oxygen atoms in total. The van der Waals surface area contributed by atoms with Crippen LogP contribution >= 0.6 is 11.3 Å². The van der Waals surface area contributed by atoms with Crippen LogP contribution in [0.15, 0.2) is 18.5 Å². The van der Waals surface area contributed by atoms with Crippen LogP contribution in [0.1, 0.15) is 4.88 Å². The van der Waals surface area contributed by atoms with Gasteiger partial charge in [-0.2, -0.15) is 0 Å². The Morgan fingerprint density at radius 1 is 1.24 bits per heavy atom. The van der Waals surface area contributed by atoms with Gasteiger partial charge in [-0.25, -0.2) is 19.9 Å². The lowest BCUT2D eigenvalue weighted by Crippen LogP contribution is -2.36. The topological polar surface area (TPSA) is 103 Å². The molecule has 154 valence electrons. The summed E-state index contributed by atoms with van der Waals surface area (Å²) in [6.45, 7) is 5.44. The van der Waals surface area contributed by atoms with Crippen molar-refractivity contribution in [3.63, 3.8) is 0 Å². The number of rotatable bonds is 7. The smallest absolute Gasteiger partial charge is 0.219 e. The van der Waals surface area contributed by atoms with E-state index in [0.717, 1.165) is 47.8 Å². The van der Waals surface area contributed by atoms with Gasteiger partial charge < -0.3 is 20.1 Å². The monoisotopic (exact) mass is 415 g/mol. The summed E-state index contributed by atoms with van der Waals surface area (Å²) in [6, 6.07) is 2.15. The first-order valence-corrected chi connectivity index (χ1v) is 10.3. The number of morpholine rings is 1. The molecule has 0 unspecified atom stereocenters. The number of thiophene rings is 1. The number of hydrogen-bond acceptors (Lipinski definition) is 10. The van der Waals surface area contributed by atoms with E-state index < -0.39 is 0 Å². The van der Waals surface area contributed by atoms with E-state index in [4.69, 9.17) is 25.2 Å². The van der Waals surface area contributed by atoms with Crippen LogP contribution < -0.4 is 10.6 Å². The number of fused-ring (bicyclic) bond motifs is 1. The third kappa shape index (κ3) is 4.61. The molecule has 1 aliphatic rings. The van der Waals surface area contributed by atoms with E-state index in [1.54, 1.807) is 30.8 Å². The summed E-state index contributed by atoms with van der Waals surface area (Å²) in [5.74, 6) is 1.79. The molecule has 29 heavy (non-hydrogen) atoms. The molecule has 0 radical (unpaired) electrons. The first-order valence-electron chi connectivity index (χ1n) is 9.52.